The molecule has 3 N–H and O–H groups in total. The number of benzene rings is 1. The summed E-state index contributed by atoms with van der Waals surface area (Å²) in [6.45, 7) is 3.44. The number of methoxy groups -OCH3 is 1. The average molecular weight is 257 g/mol. The van der Waals surface area contributed by atoms with Gasteiger partial charge in [-0.05, 0) is 44.0 Å². The van der Waals surface area contributed by atoms with E-state index in [1.165, 1.54) is 5.56 Å². The maximum atomic E-state index is 5.99. The third-order valence-electron chi connectivity index (χ3n) is 2.68. The predicted molar refractivity (Wildman–Crippen MR) is 73.8 cm³/mol. The summed E-state index contributed by atoms with van der Waals surface area (Å²) in [5.74, 6) is 0. The Morgan fingerprint density at radius 2 is 2.24 bits per heavy atom. The fourth-order valence-electron chi connectivity index (χ4n) is 1.73. The normalized spacial score (nSPS) is 12.5. The Hall–Kier alpha value is -0.770. The molecule has 0 spiro atoms. The van der Waals surface area contributed by atoms with Crippen molar-refractivity contribution in [3.63, 3.8) is 0 Å². The fourth-order valence-corrected chi connectivity index (χ4v) is 1.90. The second kappa shape index (κ2) is 7.54. The van der Waals surface area contributed by atoms with Crippen molar-refractivity contribution in [2.45, 2.75) is 25.8 Å². The predicted octanol–water partition coefficient (Wildman–Crippen LogP) is 2.81. The number of hydrogen-bond acceptors (Lipinski definition) is 3. The minimum absolute atomic E-state index is 0.278. The van der Waals surface area contributed by atoms with E-state index >= 15 is 0 Å². The Morgan fingerprint density at radius 1 is 1.47 bits per heavy atom. The quantitative estimate of drug-likeness (QED) is 0.789. The summed E-state index contributed by atoms with van der Waals surface area (Å²) >= 11 is 5.99. The summed E-state index contributed by atoms with van der Waals surface area (Å²) in [4.78, 5) is 0. The molecule has 0 saturated carbocycles. The smallest absolute Gasteiger partial charge is 0.0664 e. The number of halogens is 1. The molecule has 0 aliphatic rings. The van der Waals surface area contributed by atoms with Crippen LogP contribution in [0.4, 0.5) is 5.69 Å². The van der Waals surface area contributed by atoms with E-state index < -0.39 is 0 Å². The highest BCUT2D eigenvalue weighted by molar-refractivity contribution is 6.30. The molecule has 0 aliphatic heterocycles. The number of hydrogen-bond donors (Lipinski definition) is 2. The summed E-state index contributed by atoms with van der Waals surface area (Å²) in [5.41, 5.74) is 7.78. The molecule has 0 aliphatic carbocycles. The molecule has 4 heteroatoms. The maximum absolute atomic E-state index is 5.99. The Morgan fingerprint density at radius 3 is 2.88 bits per heavy atom. The van der Waals surface area contributed by atoms with Crippen molar-refractivity contribution < 1.29 is 4.74 Å². The first-order chi connectivity index (χ1) is 8.17. The minimum atomic E-state index is 0.278. The molecule has 3 nitrogen and oxygen atoms in total. The van der Waals surface area contributed by atoms with Gasteiger partial charge in [0.1, 0.15) is 0 Å². The Bertz CT molecular complexity index is 344. The van der Waals surface area contributed by atoms with E-state index in [1.54, 1.807) is 7.11 Å². The van der Waals surface area contributed by atoms with Gasteiger partial charge >= 0.3 is 0 Å². The van der Waals surface area contributed by atoms with Gasteiger partial charge in [0.25, 0.3) is 0 Å². The van der Waals surface area contributed by atoms with Gasteiger partial charge in [-0.3, -0.25) is 0 Å². The third kappa shape index (κ3) is 4.94. The summed E-state index contributed by atoms with van der Waals surface area (Å²) in [5, 5.41) is 4.20. The summed E-state index contributed by atoms with van der Waals surface area (Å²) in [6.07, 6.45) is 1.98. The van der Waals surface area contributed by atoms with Gasteiger partial charge in [0.15, 0.2) is 0 Å². The van der Waals surface area contributed by atoms with Crippen LogP contribution in [0.3, 0.4) is 0 Å². The van der Waals surface area contributed by atoms with Crippen molar-refractivity contribution in [3.05, 3.63) is 28.8 Å². The number of rotatable bonds is 7. The van der Waals surface area contributed by atoms with E-state index in [4.69, 9.17) is 22.1 Å². The molecule has 0 fully saturated rings. The second-order valence-electron chi connectivity index (χ2n) is 4.19. The number of nitrogens with two attached hydrogens (primary N) is 1. The van der Waals surface area contributed by atoms with Crippen LogP contribution in [0.5, 0.6) is 0 Å². The lowest BCUT2D eigenvalue weighted by atomic mass is 10.1. The lowest BCUT2D eigenvalue weighted by molar-refractivity contribution is 0.182. The standard InChI is InChI=1S/C13H21ClN2O/c1-10-5-6-11(14)8-13(10)16-12(9-17-2)4-3-7-15/h5-6,8,12,16H,3-4,7,9,15H2,1-2H3. The van der Waals surface area contributed by atoms with Gasteiger partial charge in [0, 0.05) is 23.9 Å². The zero-order valence-corrected chi connectivity index (χ0v) is 11.3. The highest BCUT2D eigenvalue weighted by Gasteiger charge is 2.09. The number of aryl methyl sites for hydroxylation is 1. The van der Waals surface area contributed by atoms with Crippen molar-refractivity contribution in [1.29, 1.82) is 0 Å². The molecule has 96 valence electrons. The van der Waals surface area contributed by atoms with Crippen LogP contribution in [-0.2, 0) is 4.74 Å². The van der Waals surface area contributed by atoms with Crippen molar-refractivity contribution in [3.8, 4) is 0 Å². The van der Waals surface area contributed by atoms with Crippen LogP contribution in [0.2, 0.25) is 5.02 Å². The van der Waals surface area contributed by atoms with Crippen molar-refractivity contribution in [2.75, 3.05) is 25.6 Å². The fraction of sp³-hybridized carbons (Fsp3) is 0.538. The first-order valence-electron chi connectivity index (χ1n) is 5.89. The van der Waals surface area contributed by atoms with Crippen LogP contribution in [0.25, 0.3) is 0 Å². The van der Waals surface area contributed by atoms with Crippen LogP contribution in [0.1, 0.15) is 18.4 Å². The number of ether oxygens (including phenoxy) is 1. The van der Waals surface area contributed by atoms with Gasteiger partial charge in [0.2, 0.25) is 0 Å². The molecule has 0 radical (unpaired) electrons. The van der Waals surface area contributed by atoms with Crippen LogP contribution in [0, 0.1) is 6.92 Å². The molecule has 0 aromatic heterocycles. The minimum Gasteiger partial charge on any atom is -0.383 e. The van der Waals surface area contributed by atoms with Gasteiger partial charge in [-0.2, -0.15) is 0 Å². The molecule has 0 saturated heterocycles. The van der Waals surface area contributed by atoms with Crippen LogP contribution in [-0.4, -0.2) is 26.3 Å². The first-order valence-corrected chi connectivity index (χ1v) is 6.27. The van der Waals surface area contributed by atoms with Crippen LogP contribution in [0.15, 0.2) is 18.2 Å². The first kappa shape index (κ1) is 14.3. The van der Waals surface area contributed by atoms with E-state index in [0.717, 1.165) is 23.6 Å². The van der Waals surface area contributed by atoms with E-state index in [0.29, 0.717) is 13.2 Å². The molecule has 0 amide bonds. The van der Waals surface area contributed by atoms with Gasteiger partial charge in [0.05, 0.1) is 6.61 Å². The molecular formula is C13H21ClN2O. The lowest BCUT2D eigenvalue weighted by Crippen LogP contribution is -2.26. The highest BCUT2D eigenvalue weighted by atomic mass is 35.5. The monoisotopic (exact) mass is 256 g/mol. The summed E-state index contributed by atoms with van der Waals surface area (Å²) < 4.78 is 5.21. The molecule has 0 bridgehead atoms. The summed E-state index contributed by atoms with van der Waals surface area (Å²) in [6, 6.07) is 6.13. The van der Waals surface area contributed by atoms with Gasteiger partial charge in [-0.25, -0.2) is 0 Å². The number of anilines is 1. The Kier molecular flexibility index (Phi) is 6.34. The zero-order valence-electron chi connectivity index (χ0n) is 10.5. The molecule has 1 unspecified atom stereocenters. The molecule has 17 heavy (non-hydrogen) atoms. The molecular weight excluding hydrogens is 236 g/mol. The van der Waals surface area contributed by atoms with Crippen LogP contribution >= 0.6 is 11.6 Å². The second-order valence-corrected chi connectivity index (χ2v) is 4.62. The van der Waals surface area contributed by atoms with Crippen molar-refractivity contribution in [1.82, 2.24) is 0 Å². The maximum Gasteiger partial charge on any atom is 0.0664 e. The average Bonchev–Trinajstić information content (AvgIpc) is 2.31. The topological polar surface area (TPSA) is 47.3 Å². The highest BCUT2D eigenvalue weighted by Crippen LogP contribution is 2.21. The Balaban J connectivity index is 2.67. The van der Waals surface area contributed by atoms with Crippen molar-refractivity contribution >= 4 is 17.3 Å². The van der Waals surface area contributed by atoms with Gasteiger partial charge in [-0.15, -0.1) is 0 Å². The summed E-state index contributed by atoms with van der Waals surface area (Å²) in [7, 11) is 1.71. The molecule has 1 rings (SSSR count). The molecule has 1 aromatic carbocycles. The molecule has 1 atom stereocenters. The molecule has 1 aromatic rings. The lowest BCUT2D eigenvalue weighted by Gasteiger charge is -2.20. The van der Waals surface area contributed by atoms with Gasteiger partial charge < -0.3 is 15.8 Å². The van der Waals surface area contributed by atoms with E-state index in [2.05, 4.69) is 12.2 Å². The SMILES string of the molecule is COCC(CCCN)Nc1cc(Cl)ccc1C. The molecule has 0 heterocycles. The third-order valence-corrected chi connectivity index (χ3v) is 2.92. The number of nitrogens with one attached hydrogen (secondary N) is 1. The Labute approximate surface area is 108 Å². The van der Waals surface area contributed by atoms with E-state index in [9.17, 15) is 0 Å². The van der Waals surface area contributed by atoms with Crippen molar-refractivity contribution in [2.24, 2.45) is 5.73 Å². The van der Waals surface area contributed by atoms with E-state index in [1.807, 2.05) is 18.2 Å². The van der Waals surface area contributed by atoms with Gasteiger partial charge in [-0.1, -0.05) is 17.7 Å². The van der Waals surface area contributed by atoms with E-state index in [-0.39, 0.29) is 6.04 Å². The zero-order chi connectivity index (χ0) is 12.7. The van der Waals surface area contributed by atoms with Crippen LogP contribution < -0.4 is 11.1 Å². The largest absolute Gasteiger partial charge is 0.383 e.